The quantitative estimate of drug-likeness (QED) is 0.475. The van der Waals surface area contributed by atoms with E-state index in [0.717, 1.165) is 18.3 Å². The van der Waals surface area contributed by atoms with Gasteiger partial charge in [0.1, 0.15) is 11.2 Å². The maximum absolute atomic E-state index is 13.1. The standard InChI is InChI=1S/C17H11F6N5O2/c18-16(19,20)7-30-13-4-9(3-11(28-13)17(21,22)23)10-6-26-15-14(27-10)8(5-25-15)1-2-12(24)29/h1-6H,7H2,(H2,24,29)(H,25,26). The van der Waals surface area contributed by atoms with Gasteiger partial charge in [0.25, 0.3) is 0 Å². The first-order valence-corrected chi connectivity index (χ1v) is 8.03. The van der Waals surface area contributed by atoms with E-state index in [0.29, 0.717) is 11.6 Å². The van der Waals surface area contributed by atoms with E-state index < -0.39 is 36.4 Å². The molecule has 0 saturated heterocycles. The van der Waals surface area contributed by atoms with E-state index in [1.165, 1.54) is 12.3 Å². The normalized spacial score (nSPS) is 12.6. The first-order chi connectivity index (χ1) is 13.9. The van der Waals surface area contributed by atoms with Crippen LogP contribution in [0.15, 0.2) is 30.6 Å². The molecule has 3 heterocycles. The van der Waals surface area contributed by atoms with Crippen LogP contribution in [0.2, 0.25) is 0 Å². The molecule has 3 N–H and O–H groups in total. The second-order valence-corrected chi connectivity index (χ2v) is 5.91. The van der Waals surface area contributed by atoms with Crippen molar-refractivity contribution in [2.24, 2.45) is 5.73 Å². The molecule has 0 fully saturated rings. The summed E-state index contributed by atoms with van der Waals surface area (Å²) in [6.07, 6.45) is -4.75. The number of aromatic nitrogens is 4. The highest BCUT2D eigenvalue weighted by Crippen LogP contribution is 2.33. The Kier molecular flexibility index (Phi) is 5.37. The minimum atomic E-state index is -4.94. The number of aromatic amines is 1. The average Bonchev–Trinajstić information content (AvgIpc) is 3.05. The highest BCUT2D eigenvalue weighted by Gasteiger charge is 2.34. The minimum Gasteiger partial charge on any atom is -0.468 e. The lowest BCUT2D eigenvalue weighted by Crippen LogP contribution is -2.20. The number of amides is 1. The maximum atomic E-state index is 13.1. The van der Waals surface area contributed by atoms with Gasteiger partial charge in [-0.15, -0.1) is 0 Å². The van der Waals surface area contributed by atoms with Crippen molar-refractivity contribution < 1.29 is 35.9 Å². The molecule has 0 bridgehead atoms. The fraction of sp³-hybridized carbons (Fsp3) is 0.176. The summed E-state index contributed by atoms with van der Waals surface area (Å²) in [5.41, 5.74) is 4.11. The second-order valence-electron chi connectivity index (χ2n) is 5.91. The van der Waals surface area contributed by atoms with Crippen LogP contribution in [0.4, 0.5) is 26.3 Å². The third-order valence-corrected chi connectivity index (χ3v) is 3.61. The van der Waals surface area contributed by atoms with Gasteiger partial charge in [-0.25, -0.2) is 15.0 Å². The fourth-order valence-electron chi connectivity index (χ4n) is 2.38. The lowest BCUT2D eigenvalue weighted by atomic mass is 10.1. The number of hydrogen-bond donors (Lipinski definition) is 2. The van der Waals surface area contributed by atoms with E-state index in [-0.39, 0.29) is 22.4 Å². The van der Waals surface area contributed by atoms with Gasteiger partial charge in [0.2, 0.25) is 11.8 Å². The number of hydrogen-bond acceptors (Lipinski definition) is 5. The Balaban J connectivity index is 2.08. The van der Waals surface area contributed by atoms with Gasteiger partial charge < -0.3 is 15.5 Å². The monoisotopic (exact) mass is 431 g/mol. The number of carbonyl (C=O) groups excluding carboxylic acids is 1. The highest BCUT2D eigenvalue weighted by molar-refractivity contribution is 5.93. The molecule has 0 unspecified atom stereocenters. The molecule has 0 spiro atoms. The van der Waals surface area contributed by atoms with Crippen molar-refractivity contribution in [2.45, 2.75) is 12.4 Å². The Bertz CT molecular complexity index is 1120. The molecule has 1 amide bonds. The molecular weight excluding hydrogens is 420 g/mol. The van der Waals surface area contributed by atoms with Gasteiger partial charge in [-0.2, -0.15) is 26.3 Å². The fourth-order valence-corrected chi connectivity index (χ4v) is 2.38. The third-order valence-electron chi connectivity index (χ3n) is 3.61. The van der Waals surface area contributed by atoms with Crippen LogP contribution in [-0.4, -0.2) is 38.6 Å². The zero-order valence-corrected chi connectivity index (χ0v) is 14.7. The van der Waals surface area contributed by atoms with Crippen molar-refractivity contribution in [3.63, 3.8) is 0 Å². The number of nitrogens with one attached hydrogen (secondary N) is 1. The Morgan fingerprint density at radius 3 is 2.53 bits per heavy atom. The van der Waals surface area contributed by atoms with Crippen LogP contribution in [0.25, 0.3) is 28.5 Å². The summed E-state index contributed by atoms with van der Waals surface area (Å²) in [6.45, 7) is -1.81. The van der Waals surface area contributed by atoms with E-state index in [4.69, 9.17) is 5.73 Å². The molecule has 3 rings (SSSR count). The molecule has 0 atom stereocenters. The predicted octanol–water partition coefficient (Wildman–Crippen LogP) is 3.48. The van der Waals surface area contributed by atoms with Crippen molar-refractivity contribution in [3.8, 4) is 17.1 Å². The molecule has 158 valence electrons. The summed E-state index contributed by atoms with van der Waals surface area (Å²) >= 11 is 0. The number of fused-ring (bicyclic) bond motifs is 1. The van der Waals surface area contributed by atoms with Crippen LogP contribution in [0.1, 0.15) is 11.3 Å². The van der Waals surface area contributed by atoms with Crippen molar-refractivity contribution >= 4 is 23.1 Å². The second kappa shape index (κ2) is 7.65. The molecule has 3 aromatic rings. The summed E-state index contributed by atoms with van der Waals surface area (Å²) in [7, 11) is 0. The molecule has 0 aliphatic carbocycles. The summed E-state index contributed by atoms with van der Waals surface area (Å²) in [4.78, 5) is 25.0. The number of primary amides is 1. The van der Waals surface area contributed by atoms with E-state index in [1.807, 2.05) is 0 Å². The van der Waals surface area contributed by atoms with E-state index in [2.05, 4.69) is 24.7 Å². The predicted molar refractivity (Wildman–Crippen MR) is 91.9 cm³/mol. The number of alkyl halides is 6. The van der Waals surface area contributed by atoms with Gasteiger partial charge in [0, 0.05) is 29.5 Å². The molecule has 30 heavy (non-hydrogen) atoms. The van der Waals surface area contributed by atoms with Gasteiger partial charge in [-0.3, -0.25) is 4.79 Å². The van der Waals surface area contributed by atoms with Crippen LogP contribution in [0.3, 0.4) is 0 Å². The van der Waals surface area contributed by atoms with Gasteiger partial charge in [0.05, 0.1) is 11.9 Å². The zero-order valence-electron chi connectivity index (χ0n) is 14.7. The molecule has 0 saturated carbocycles. The average molecular weight is 431 g/mol. The number of rotatable bonds is 5. The highest BCUT2D eigenvalue weighted by atomic mass is 19.4. The molecular formula is C17H11F6N5O2. The number of ether oxygens (including phenoxy) is 1. The number of nitrogens with zero attached hydrogens (tertiary/aromatic N) is 3. The first kappa shape index (κ1) is 21.1. The number of carbonyl (C=O) groups is 1. The van der Waals surface area contributed by atoms with Crippen LogP contribution in [0.5, 0.6) is 5.88 Å². The molecule has 7 nitrogen and oxygen atoms in total. The van der Waals surface area contributed by atoms with Gasteiger partial charge in [0.15, 0.2) is 12.3 Å². The molecule has 0 radical (unpaired) electrons. The Morgan fingerprint density at radius 1 is 1.17 bits per heavy atom. The molecule has 13 heteroatoms. The van der Waals surface area contributed by atoms with Gasteiger partial charge in [-0.05, 0) is 12.1 Å². The largest absolute Gasteiger partial charge is 0.468 e. The number of halogens is 6. The number of H-pyrrole nitrogens is 1. The molecule has 0 aliphatic rings. The van der Waals surface area contributed by atoms with Crippen LogP contribution < -0.4 is 10.5 Å². The summed E-state index contributed by atoms with van der Waals surface area (Å²) in [5, 5.41) is 0. The van der Waals surface area contributed by atoms with Crippen molar-refractivity contribution in [3.05, 3.63) is 41.9 Å². The summed E-state index contributed by atoms with van der Waals surface area (Å²) in [5.74, 6) is -1.61. The van der Waals surface area contributed by atoms with Crippen molar-refractivity contribution in [1.29, 1.82) is 0 Å². The SMILES string of the molecule is NC(=O)C=Cc1c[nH]c2ncc(-c3cc(OCC(F)(F)F)nc(C(F)(F)F)c3)nc12. The Morgan fingerprint density at radius 2 is 1.90 bits per heavy atom. The maximum Gasteiger partial charge on any atom is 0.433 e. The lowest BCUT2D eigenvalue weighted by molar-refractivity contribution is -0.154. The molecule has 3 aromatic heterocycles. The lowest BCUT2D eigenvalue weighted by Gasteiger charge is -2.13. The molecule has 0 aliphatic heterocycles. The third kappa shape index (κ3) is 5.04. The smallest absolute Gasteiger partial charge is 0.433 e. The Labute approximate surface area is 163 Å². The summed E-state index contributed by atoms with van der Waals surface area (Å²) < 4.78 is 80.9. The topological polar surface area (TPSA) is 107 Å². The van der Waals surface area contributed by atoms with E-state index in [1.54, 1.807) is 0 Å². The Hall–Kier alpha value is -3.64. The van der Waals surface area contributed by atoms with E-state index >= 15 is 0 Å². The van der Waals surface area contributed by atoms with Gasteiger partial charge in [-0.1, -0.05) is 0 Å². The minimum absolute atomic E-state index is 0.0828. The van der Waals surface area contributed by atoms with E-state index in [9.17, 15) is 31.1 Å². The summed E-state index contributed by atoms with van der Waals surface area (Å²) in [6, 6.07) is 1.50. The van der Waals surface area contributed by atoms with Crippen LogP contribution in [0, 0.1) is 0 Å². The van der Waals surface area contributed by atoms with Crippen LogP contribution in [-0.2, 0) is 11.0 Å². The van der Waals surface area contributed by atoms with Crippen molar-refractivity contribution in [1.82, 2.24) is 19.9 Å². The van der Waals surface area contributed by atoms with Gasteiger partial charge >= 0.3 is 12.4 Å². The first-order valence-electron chi connectivity index (χ1n) is 8.03. The zero-order chi connectivity index (χ0) is 22.1. The van der Waals surface area contributed by atoms with Crippen molar-refractivity contribution in [2.75, 3.05) is 6.61 Å². The van der Waals surface area contributed by atoms with Crippen LogP contribution >= 0.6 is 0 Å². The number of nitrogens with two attached hydrogens (primary N) is 1. The molecule has 0 aromatic carbocycles. The number of pyridine rings is 1.